The highest BCUT2D eigenvalue weighted by molar-refractivity contribution is 7.07. The Morgan fingerprint density at radius 2 is 2.33 bits per heavy atom. The van der Waals surface area contributed by atoms with E-state index in [-0.39, 0.29) is 23.6 Å². The summed E-state index contributed by atoms with van der Waals surface area (Å²) in [6.07, 6.45) is 0.637. The highest BCUT2D eigenvalue weighted by Gasteiger charge is 2.08. The smallest absolute Gasteiger partial charge is 0.251 e. The zero-order valence-electron chi connectivity index (χ0n) is 11.1. The fourth-order valence-corrected chi connectivity index (χ4v) is 2.25. The minimum Gasteiger partial charge on any atom is -0.384 e. The zero-order chi connectivity index (χ0) is 15.1. The molecule has 0 bridgehead atoms. The Labute approximate surface area is 125 Å². The number of aromatic nitrogens is 1. The molecular formula is C15H13FN2O2S. The van der Waals surface area contributed by atoms with E-state index in [0.29, 0.717) is 13.0 Å². The summed E-state index contributed by atoms with van der Waals surface area (Å²) in [5.74, 6) is 3.92. The lowest BCUT2D eigenvalue weighted by atomic mass is 10.1. The van der Waals surface area contributed by atoms with Gasteiger partial charge in [0.25, 0.3) is 5.91 Å². The van der Waals surface area contributed by atoms with Crippen molar-refractivity contribution in [3.8, 4) is 11.8 Å². The third-order valence-corrected chi connectivity index (χ3v) is 3.32. The summed E-state index contributed by atoms with van der Waals surface area (Å²) >= 11 is 1.50. The van der Waals surface area contributed by atoms with E-state index in [1.807, 2.05) is 5.38 Å². The van der Waals surface area contributed by atoms with Gasteiger partial charge in [0.1, 0.15) is 12.4 Å². The molecule has 2 N–H and O–H groups in total. The Morgan fingerprint density at radius 1 is 1.48 bits per heavy atom. The topological polar surface area (TPSA) is 62.2 Å². The van der Waals surface area contributed by atoms with Gasteiger partial charge in [-0.3, -0.25) is 4.79 Å². The van der Waals surface area contributed by atoms with Crippen LogP contribution < -0.4 is 5.32 Å². The number of amides is 1. The van der Waals surface area contributed by atoms with E-state index < -0.39 is 5.82 Å². The Kier molecular flexibility index (Phi) is 5.43. The van der Waals surface area contributed by atoms with Crippen LogP contribution in [0.1, 0.15) is 21.6 Å². The van der Waals surface area contributed by atoms with Crippen molar-refractivity contribution in [2.75, 3.05) is 13.2 Å². The van der Waals surface area contributed by atoms with Crippen LogP contribution >= 0.6 is 11.3 Å². The van der Waals surface area contributed by atoms with E-state index in [1.165, 1.54) is 23.5 Å². The summed E-state index contributed by atoms with van der Waals surface area (Å²) in [5.41, 5.74) is 3.04. The number of thiazole rings is 1. The minimum absolute atomic E-state index is 0.156. The van der Waals surface area contributed by atoms with Gasteiger partial charge in [-0.05, 0) is 18.2 Å². The number of aliphatic hydroxyl groups excluding tert-OH is 1. The molecule has 0 aliphatic rings. The van der Waals surface area contributed by atoms with Crippen molar-refractivity contribution in [1.82, 2.24) is 10.3 Å². The molecule has 0 aliphatic carbocycles. The van der Waals surface area contributed by atoms with Crippen LogP contribution in [0, 0.1) is 17.7 Å². The van der Waals surface area contributed by atoms with Crippen LogP contribution in [0.15, 0.2) is 29.1 Å². The van der Waals surface area contributed by atoms with Crippen molar-refractivity contribution in [1.29, 1.82) is 0 Å². The molecule has 21 heavy (non-hydrogen) atoms. The number of halogens is 1. The summed E-state index contributed by atoms with van der Waals surface area (Å²) < 4.78 is 13.7. The number of nitrogens with one attached hydrogen (secondary N) is 1. The highest BCUT2D eigenvalue weighted by atomic mass is 32.1. The molecule has 0 saturated carbocycles. The van der Waals surface area contributed by atoms with Gasteiger partial charge < -0.3 is 10.4 Å². The van der Waals surface area contributed by atoms with Gasteiger partial charge in [-0.25, -0.2) is 9.37 Å². The van der Waals surface area contributed by atoms with Crippen LogP contribution in [0.25, 0.3) is 0 Å². The summed E-state index contributed by atoms with van der Waals surface area (Å²) in [7, 11) is 0. The van der Waals surface area contributed by atoms with Crippen LogP contribution in [-0.4, -0.2) is 29.1 Å². The van der Waals surface area contributed by atoms with Gasteiger partial charge in [-0.15, -0.1) is 11.3 Å². The number of rotatable bonds is 4. The summed E-state index contributed by atoms with van der Waals surface area (Å²) in [6.45, 7) is 0.106. The standard InChI is InChI=1S/C15H13FN2O2S/c16-14-8-12(4-3-11(14)2-1-7-19)15(20)17-6-5-13-9-21-10-18-13/h3-4,8-10,19H,5-7H2,(H,17,20). The number of hydrogen-bond acceptors (Lipinski definition) is 4. The molecule has 0 fully saturated rings. The molecule has 0 unspecified atom stereocenters. The second-order valence-corrected chi connectivity index (χ2v) is 4.86. The molecule has 2 rings (SSSR count). The summed E-state index contributed by atoms with van der Waals surface area (Å²) in [6, 6.07) is 4.07. The van der Waals surface area contributed by atoms with Crippen LogP contribution in [0.4, 0.5) is 4.39 Å². The second-order valence-electron chi connectivity index (χ2n) is 4.14. The van der Waals surface area contributed by atoms with Crippen molar-refractivity contribution in [2.24, 2.45) is 0 Å². The fourth-order valence-electron chi connectivity index (χ4n) is 1.66. The van der Waals surface area contributed by atoms with Crippen LogP contribution in [0.5, 0.6) is 0 Å². The monoisotopic (exact) mass is 304 g/mol. The lowest BCUT2D eigenvalue weighted by molar-refractivity contribution is 0.0953. The van der Waals surface area contributed by atoms with Crippen LogP contribution in [-0.2, 0) is 6.42 Å². The highest BCUT2D eigenvalue weighted by Crippen LogP contribution is 2.09. The lowest BCUT2D eigenvalue weighted by Gasteiger charge is -2.05. The van der Waals surface area contributed by atoms with Crippen LogP contribution in [0.3, 0.4) is 0 Å². The summed E-state index contributed by atoms with van der Waals surface area (Å²) in [4.78, 5) is 16.0. The van der Waals surface area contributed by atoms with E-state index in [4.69, 9.17) is 5.11 Å². The Bertz CT molecular complexity index is 675. The third kappa shape index (κ3) is 4.38. The van der Waals surface area contributed by atoms with E-state index >= 15 is 0 Å². The quantitative estimate of drug-likeness (QED) is 0.843. The average molecular weight is 304 g/mol. The van der Waals surface area contributed by atoms with Gasteiger partial charge in [0.05, 0.1) is 16.8 Å². The maximum absolute atomic E-state index is 13.7. The molecule has 0 radical (unpaired) electrons. The Hall–Kier alpha value is -2.23. The lowest BCUT2D eigenvalue weighted by Crippen LogP contribution is -2.25. The number of carbonyl (C=O) groups is 1. The van der Waals surface area contributed by atoms with Crippen molar-refractivity contribution < 1.29 is 14.3 Å². The molecule has 0 aliphatic heterocycles. The second kappa shape index (κ2) is 7.53. The van der Waals surface area contributed by atoms with Crippen molar-refractivity contribution in [2.45, 2.75) is 6.42 Å². The van der Waals surface area contributed by atoms with Crippen molar-refractivity contribution >= 4 is 17.2 Å². The first-order valence-corrected chi connectivity index (χ1v) is 7.19. The maximum atomic E-state index is 13.7. The van der Waals surface area contributed by atoms with Gasteiger partial charge in [-0.1, -0.05) is 11.8 Å². The number of nitrogens with zero attached hydrogens (tertiary/aromatic N) is 1. The molecule has 1 heterocycles. The van der Waals surface area contributed by atoms with E-state index in [0.717, 1.165) is 11.8 Å². The van der Waals surface area contributed by atoms with Crippen molar-refractivity contribution in [3.05, 3.63) is 51.7 Å². The molecular weight excluding hydrogens is 291 g/mol. The first-order chi connectivity index (χ1) is 10.2. The molecule has 0 spiro atoms. The van der Waals surface area contributed by atoms with E-state index in [2.05, 4.69) is 22.1 Å². The minimum atomic E-state index is -0.580. The predicted molar refractivity (Wildman–Crippen MR) is 78.5 cm³/mol. The fraction of sp³-hybridized carbons (Fsp3) is 0.200. The molecule has 0 saturated heterocycles. The summed E-state index contributed by atoms with van der Waals surface area (Å²) in [5, 5.41) is 13.2. The number of carbonyl (C=O) groups excluding carboxylic acids is 1. The maximum Gasteiger partial charge on any atom is 0.251 e. The van der Waals surface area contributed by atoms with Gasteiger partial charge in [0.2, 0.25) is 0 Å². The largest absolute Gasteiger partial charge is 0.384 e. The first-order valence-electron chi connectivity index (χ1n) is 6.25. The molecule has 0 atom stereocenters. The molecule has 1 aromatic carbocycles. The molecule has 4 nitrogen and oxygen atoms in total. The third-order valence-electron chi connectivity index (χ3n) is 2.68. The Balaban J connectivity index is 1.94. The van der Waals surface area contributed by atoms with Crippen molar-refractivity contribution in [3.63, 3.8) is 0 Å². The molecule has 108 valence electrons. The van der Waals surface area contributed by atoms with Crippen LogP contribution in [0.2, 0.25) is 0 Å². The Morgan fingerprint density at radius 3 is 3.00 bits per heavy atom. The number of benzene rings is 1. The van der Waals surface area contributed by atoms with E-state index in [1.54, 1.807) is 5.51 Å². The van der Waals surface area contributed by atoms with Gasteiger partial charge in [0, 0.05) is 23.9 Å². The molecule has 6 heteroatoms. The number of hydrogen-bond donors (Lipinski definition) is 2. The van der Waals surface area contributed by atoms with E-state index in [9.17, 15) is 9.18 Å². The first kappa shape index (κ1) is 15.2. The van der Waals surface area contributed by atoms with Gasteiger partial charge in [0.15, 0.2) is 0 Å². The molecule has 2 aromatic rings. The predicted octanol–water partition coefficient (Wildman–Crippen LogP) is 1.60. The van der Waals surface area contributed by atoms with Gasteiger partial charge in [-0.2, -0.15) is 0 Å². The molecule has 1 aromatic heterocycles. The average Bonchev–Trinajstić information content (AvgIpc) is 2.99. The molecule has 1 amide bonds. The zero-order valence-corrected chi connectivity index (χ0v) is 11.9. The normalized spacial score (nSPS) is 9.81. The SMILES string of the molecule is O=C(NCCc1cscn1)c1ccc(C#CCO)c(F)c1. The van der Waals surface area contributed by atoms with Gasteiger partial charge >= 0.3 is 0 Å². The number of aliphatic hydroxyl groups is 1.